The molecule has 0 aliphatic rings. The molecule has 156 valence electrons. The van der Waals surface area contributed by atoms with Crippen LogP contribution in [0.2, 0.25) is 0 Å². The van der Waals surface area contributed by atoms with Gasteiger partial charge in [-0.15, -0.1) is 0 Å². The molecule has 4 heterocycles. The highest BCUT2D eigenvalue weighted by atomic mass is 16.3. The summed E-state index contributed by atoms with van der Waals surface area (Å²) in [6.45, 7) is 0. The first kappa shape index (κ1) is 18.0. The molecule has 7 aromatic rings. The summed E-state index contributed by atoms with van der Waals surface area (Å²) >= 11 is 0. The van der Waals surface area contributed by atoms with E-state index in [0.717, 1.165) is 33.1 Å². The maximum Gasteiger partial charge on any atom is 0.153 e. The highest BCUT2D eigenvalue weighted by Gasteiger charge is 2.19. The van der Waals surface area contributed by atoms with Crippen molar-refractivity contribution in [3.8, 4) is 28.3 Å². The molecule has 0 saturated carbocycles. The van der Waals surface area contributed by atoms with Crippen LogP contribution in [0.25, 0.3) is 66.7 Å². The third kappa shape index (κ3) is 2.66. The van der Waals surface area contributed by atoms with Crippen molar-refractivity contribution in [2.75, 3.05) is 0 Å². The fourth-order valence-electron chi connectivity index (χ4n) is 4.47. The van der Waals surface area contributed by atoms with E-state index < -0.39 is 0 Å². The first-order valence-electron chi connectivity index (χ1n) is 10.7. The minimum atomic E-state index is 0.185. The van der Waals surface area contributed by atoms with E-state index in [0.29, 0.717) is 33.5 Å². The number of pyridine rings is 2. The van der Waals surface area contributed by atoms with Crippen LogP contribution in [0.4, 0.5) is 0 Å². The Bertz CT molecular complexity index is 1830. The molecule has 0 bridgehead atoms. The lowest BCUT2D eigenvalue weighted by atomic mass is 10.1. The Morgan fingerprint density at radius 1 is 0.515 bits per heavy atom. The molecule has 0 unspecified atom stereocenters. The zero-order valence-electron chi connectivity index (χ0n) is 17.3. The highest BCUT2D eigenvalue weighted by Crippen LogP contribution is 2.40. The Morgan fingerprint density at radius 2 is 1.06 bits per heavy atom. The molecule has 0 radical (unpaired) electrons. The Kier molecular flexibility index (Phi) is 3.64. The number of hydrogen-bond donors (Lipinski definition) is 1. The molecule has 0 saturated heterocycles. The molecule has 4 aromatic heterocycles. The zero-order chi connectivity index (χ0) is 21.9. The largest absolute Gasteiger partial charge is 0.507 e. The quantitative estimate of drug-likeness (QED) is 0.312. The van der Waals surface area contributed by atoms with Crippen molar-refractivity contribution in [2.24, 2.45) is 0 Å². The van der Waals surface area contributed by atoms with E-state index in [1.165, 1.54) is 0 Å². The number of hydrogen-bond acceptors (Lipinski definition) is 5. The van der Waals surface area contributed by atoms with Crippen LogP contribution in [-0.2, 0) is 0 Å². The van der Waals surface area contributed by atoms with Crippen LogP contribution in [0.15, 0.2) is 99.8 Å². The average Bonchev–Trinajstić information content (AvgIpc) is 3.41. The van der Waals surface area contributed by atoms with Crippen LogP contribution in [0, 0.1) is 0 Å². The van der Waals surface area contributed by atoms with E-state index in [2.05, 4.69) is 0 Å². The molecule has 0 amide bonds. The number of rotatable bonds is 2. The third-order valence-corrected chi connectivity index (χ3v) is 6.01. The summed E-state index contributed by atoms with van der Waals surface area (Å²) in [7, 11) is 0. The number of nitrogens with zero attached hydrogens (tertiary/aromatic N) is 2. The fraction of sp³-hybridized carbons (Fsp3) is 0. The first-order valence-corrected chi connectivity index (χ1v) is 10.7. The van der Waals surface area contributed by atoms with E-state index in [1.54, 1.807) is 12.1 Å². The number of benzene rings is 3. The second-order valence-electron chi connectivity index (χ2n) is 7.99. The Hall–Kier alpha value is -4.64. The minimum absolute atomic E-state index is 0.185. The van der Waals surface area contributed by atoms with Gasteiger partial charge in [0.2, 0.25) is 0 Å². The number of phenols is 1. The normalized spacial score (nSPS) is 11.8. The lowest BCUT2D eigenvalue weighted by Crippen LogP contribution is -1.85. The van der Waals surface area contributed by atoms with Crippen LogP contribution in [0.3, 0.4) is 0 Å². The topological polar surface area (TPSA) is 72.3 Å². The summed E-state index contributed by atoms with van der Waals surface area (Å²) < 4.78 is 12.3. The van der Waals surface area contributed by atoms with E-state index in [9.17, 15) is 5.11 Å². The Morgan fingerprint density at radius 3 is 1.73 bits per heavy atom. The van der Waals surface area contributed by atoms with Crippen molar-refractivity contribution < 1.29 is 13.9 Å². The number of phenolic OH excluding ortho intramolecular Hbond substituents is 1. The average molecular weight is 428 g/mol. The van der Waals surface area contributed by atoms with Crippen molar-refractivity contribution in [1.82, 2.24) is 9.97 Å². The van der Waals surface area contributed by atoms with Crippen LogP contribution in [0.5, 0.6) is 5.75 Å². The fourth-order valence-corrected chi connectivity index (χ4v) is 4.47. The van der Waals surface area contributed by atoms with Gasteiger partial charge in [-0.05, 0) is 48.5 Å². The Labute approximate surface area is 187 Å². The molecule has 7 rings (SSSR count). The molecular weight excluding hydrogens is 412 g/mol. The van der Waals surface area contributed by atoms with Crippen molar-refractivity contribution in [2.45, 2.75) is 0 Å². The molecule has 5 heteroatoms. The lowest BCUT2D eigenvalue weighted by Gasteiger charge is -2.03. The summed E-state index contributed by atoms with van der Waals surface area (Å²) in [6, 6.07) is 28.7. The summed E-state index contributed by atoms with van der Waals surface area (Å²) in [5, 5.41) is 12.1. The van der Waals surface area contributed by atoms with Gasteiger partial charge in [-0.1, -0.05) is 42.5 Å². The number of para-hydroxylation sites is 1. The molecule has 0 atom stereocenters. The molecule has 33 heavy (non-hydrogen) atoms. The van der Waals surface area contributed by atoms with Crippen LogP contribution in [-0.4, -0.2) is 15.1 Å². The number of aromatic nitrogens is 2. The number of aromatic hydroxyl groups is 1. The van der Waals surface area contributed by atoms with E-state index in [1.807, 2.05) is 78.9 Å². The predicted octanol–water partition coefficient (Wildman–Crippen LogP) is 7.32. The zero-order valence-corrected chi connectivity index (χ0v) is 17.3. The van der Waals surface area contributed by atoms with Gasteiger partial charge < -0.3 is 13.9 Å². The van der Waals surface area contributed by atoms with Gasteiger partial charge in [-0.2, -0.15) is 0 Å². The first-order chi connectivity index (χ1) is 16.3. The monoisotopic (exact) mass is 428 g/mol. The van der Waals surface area contributed by atoms with E-state index in [4.69, 9.17) is 18.8 Å². The smallest absolute Gasteiger partial charge is 0.153 e. The molecule has 1 N–H and O–H groups in total. The molecular formula is C28H16N2O3. The van der Waals surface area contributed by atoms with E-state index >= 15 is 0 Å². The summed E-state index contributed by atoms with van der Waals surface area (Å²) in [6.07, 6.45) is 0. The molecule has 0 fully saturated rings. The van der Waals surface area contributed by atoms with Gasteiger partial charge in [0.25, 0.3) is 0 Å². The SMILES string of the molecule is Oc1ccccc1-c1ccc2oc3ccc4oc5ccc(-c6ccccc6)nc5c4c3c2n1. The number of furan rings is 2. The van der Waals surface area contributed by atoms with Gasteiger partial charge in [0.15, 0.2) is 11.2 Å². The number of fused-ring (bicyclic) bond motifs is 7. The summed E-state index contributed by atoms with van der Waals surface area (Å²) in [5.41, 5.74) is 7.57. The van der Waals surface area contributed by atoms with Crippen LogP contribution in [0.1, 0.15) is 0 Å². The second-order valence-corrected chi connectivity index (χ2v) is 7.99. The standard InChI is InChI=1S/C28H16N2O3/c31-20-9-5-4-8-17(20)19-11-13-24-28(30-19)26-22(33-24)15-14-21-25(26)27-23(32-21)12-10-18(29-27)16-6-2-1-3-7-16/h1-15,31H. The summed E-state index contributed by atoms with van der Waals surface area (Å²) in [4.78, 5) is 9.85. The molecule has 0 spiro atoms. The van der Waals surface area contributed by atoms with Gasteiger partial charge in [0.05, 0.1) is 22.2 Å². The predicted molar refractivity (Wildman–Crippen MR) is 129 cm³/mol. The van der Waals surface area contributed by atoms with Gasteiger partial charge in [0.1, 0.15) is 27.9 Å². The van der Waals surface area contributed by atoms with Gasteiger partial charge in [0, 0.05) is 11.1 Å². The van der Waals surface area contributed by atoms with Gasteiger partial charge >= 0.3 is 0 Å². The van der Waals surface area contributed by atoms with Gasteiger partial charge in [-0.3, -0.25) is 0 Å². The molecule has 5 nitrogen and oxygen atoms in total. The maximum atomic E-state index is 10.3. The van der Waals surface area contributed by atoms with Crippen molar-refractivity contribution >= 4 is 44.1 Å². The maximum absolute atomic E-state index is 10.3. The van der Waals surface area contributed by atoms with Crippen molar-refractivity contribution in [1.29, 1.82) is 0 Å². The third-order valence-electron chi connectivity index (χ3n) is 6.01. The van der Waals surface area contributed by atoms with Crippen LogP contribution >= 0.6 is 0 Å². The molecule has 0 aliphatic carbocycles. The van der Waals surface area contributed by atoms with Crippen LogP contribution < -0.4 is 0 Å². The highest BCUT2D eigenvalue weighted by molar-refractivity contribution is 6.24. The van der Waals surface area contributed by atoms with E-state index in [-0.39, 0.29) is 5.75 Å². The molecule has 0 aliphatic heterocycles. The summed E-state index contributed by atoms with van der Waals surface area (Å²) in [5.74, 6) is 0.185. The minimum Gasteiger partial charge on any atom is -0.507 e. The second kappa shape index (κ2) is 6.68. The van der Waals surface area contributed by atoms with Crippen molar-refractivity contribution in [3.63, 3.8) is 0 Å². The molecule has 3 aromatic carbocycles. The van der Waals surface area contributed by atoms with Gasteiger partial charge in [-0.25, -0.2) is 9.97 Å². The van der Waals surface area contributed by atoms with Crippen molar-refractivity contribution in [3.05, 3.63) is 91.0 Å². The lowest BCUT2D eigenvalue weighted by molar-refractivity contribution is 0.477. The Balaban J connectivity index is 1.57.